The number of nitrogens with one attached hydrogen (secondary N) is 1. The lowest BCUT2D eigenvalue weighted by Crippen LogP contribution is -2.46. The largest absolute Gasteiger partial charge is 0.365 e. The Morgan fingerprint density at radius 1 is 1.64 bits per heavy atom. The molecule has 1 fully saturated rings. The number of hydrazine groups is 1. The zero-order valence-electron chi connectivity index (χ0n) is 12.0. The van der Waals surface area contributed by atoms with Crippen LogP contribution in [0.25, 0.3) is 0 Å². The van der Waals surface area contributed by atoms with Gasteiger partial charge in [0.1, 0.15) is 6.04 Å². The van der Waals surface area contributed by atoms with Crippen LogP contribution in [0, 0.1) is 21.4 Å². The molecule has 2 atom stereocenters. The van der Waals surface area contributed by atoms with E-state index >= 15 is 0 Å². The van der Waals surface area contributed by atoms with E-state index in [1.54, 1.807) is 5.43 Å². The first-order chi connectivity index (χ1) is 10.5. The van der Waals surface area contributed by atoms with Crippen molar-refractivity contribution >= 4 is 23.6 Å². The second-order valence-corrected chi connectivity index (χ2v) is 5.69. The van der Waals surface area contributed by atoms with E-state index < -0.39 is 17.1 Å². The fraction of sp³-hybridized carbons (Fsp3) is 0.727. The molecule has 2 unspecified atom stereocenters. The summed E-state index contributed by atoms with van der Waals surface area (Å²) in [5.41, 5.74) is 12.8. The van der Waals surface area contributed by atoms with Crippen molar-refractivity contribution in [2.24, 2.45) is 16.5 Å². The number of amides is 1. The lowest BCUT2D eigenvalue weighted by molar-refractivity contribution is -0.525. The number of thioether (sulfide) groups is 1. The summed E-state index contributed by atoms with van der Waals surface area (Å²) < 4.78 is 0. The number of hydrogen-bond donors (Lipinski definition) is 3. The number of carbonyl (C=O) groups excluding carboxylic acids is 1. The summed E-state index contributed by atoms with van der Waals surface area (Å²) in [5, 5.41) is 18.3. The molecule has 1 amide bonds. The summed E-state index contributed by atoms with van der Waals surface area (Å²) in [6.07, 6.45) is 1.72. The Morgan fingerprint density at radius 2 is 2.36 bits per heavy atom. The Kier molecular flexibility index (Phi) is 7.41. The molecule has 0 saturated carbocycles. The number of hydrogen-bond acceptors (Lipinski definition) is 7. The molecular weight excluding hydrogens is 310 g/mol. The van der Waals surface area contributed by atoms with E-state index in [4.69, 9.17) is 16.7 Å². The fourth-order valence-electron chi connectivity index (χ4n) is 1.91. The molecule has 0 radical (unpaired) electrons. The van der Waals surface area contributed by atoms with Gasteiger partial charge in [0, 0.05) is 12.3 Å². The van der Waals surface area contributed by atoms with Gasteiger partial charge >= 0.3 is 0 Å². The van der Waals surface area contributed by atoms with Crippen molar-refractivity contribution in [3.8, 4) is 6.07 Å². The molecule has 122 valence electrons. The Labute approximate surface area is 132 Å². The number of nitrogens with two attached hydrogens (primary N) is 2. The van der Waals surface area contributed by atoms with Gasteiger partial charge in [-0.1, -0.05) is 5.43 Å². The molecule has 1 saturated heterocycles. The van der Waals surface area contributed by atoms with Gasteiger partial charge in [-0.15, -0.1) is 11.8 Å². The molecule has 10 nitrogen and oxygen atoms in total. The monoisotopic (exact) mass is 329 g/mol. The lowest BCUT2D eigenvalue weighted by atomic mass is 10.1. The summed E-state index contributed by atoms with van der Waals surface area (Å²) >= 11 is 1.53. The number of rotatable bonds is 7. The molecule has 0 bridgehead atoms. The molecule has 0 aliphatic carbocycles. The van der Waals surface area contributed by atoms with Crippen LogP contribution in [-0.4, -0.2) is 52.1 Å². The average Bonchev–Trinajstić information content (AvgIpc) is 2.93. The first-order valence-electron chi connectivity index (χ1n) is 6.70. The summed E-state index contributed by atoms with van der Waals surface area (Å²) in [6, 6.07) is 1.04. The molecule has 0 aromatic rings. The van der Waals surface area contributed by atoms with E-state index in [-0.39, 0.29) is 11.9 Å². The van der Waals surface area contributed by atoms with Gasteiger partial charge in [0.05, 0.1) is 18.0 Å². The number of guanidine groups is 1. The Hall–Kier alpha value is -2.06. The van der Waals surface area contributed by atoms with Crippen LogP contribution >= 0.6 is 11.8 Å². The third-order valence-corrected chi connectivity index (χ3v) is 4.06. The van der Waals surface area contributed by atoms with Crippen LogP contribution in [-0.2, 0) is 4.79 Å². The topological polar surface area (TPSA) is 164 Å². The quantitative estimate of drug-likeness (QED) is 0.176. The minimum atomic E-state index is -0.785. The fourth-order valence-corrected chi connectivity index (χ4v) is 2.99. The van der Waals surface area contributed by atoms with Crippen LogP contribution in [0.3, 0.4) is 0 Å². The minimum absolute atomic E-state index is 0.213. The van der Waals surface area contributed by atoms with Crippen LogP contribution in [0.4, 0.5) is 0 Å². The second kappa shape index (κ2) is 9.06. The van der Waals surface area contributed by atoms with Gasteiger partial charge in [0.15, 0.2) is 5.03 Å². The highest BCUT2D eigenvalue weighted by molar-refractivity contribution is 7.99. The predicted octanol–water partition coefficient (Wildman–Crippen LogP) is -0.995. The molecule has 1 heterocycles. The van der Waals surface area contributed by atoms with Crippen molar-refractivity contribution in [2.75, 3.05) is 18.2 Å². The Balaban J connectivity index is 2.26. The number of carbonyl (C=O) groups is 1. The summed E-state index contributed by atoms with van der Waals surface area (Å²) in [6.45, 7) is 0.313. The van der Waals surface area contributed by atoms with Gasteiger partial charge in [0.2, 0.25) is 5.91 Å². The van der Waals surface area contributed by atoms with E-state index in [0.717, 1.165) is 0 Å². The Morgan fingerprint density at radius 3 is 3.00 bits per heavy atom. The number of unbranched alkanes of at least 4 members (excludes halogenated alkanes) is 1. The Bertz CT molecular complexity index is 479. The summed E-state index contributed by atoms with van der Waals surface area (Å²) in [7, 11) is 0. The maximum atomic E-state index is 12.1. The molecule has 0 aromatic carbocycles. The third kappa shape index (κ3) is 5.74. The molecule has 1 aliphatic rings. The lowest BCUT2D eigenvalue weighted by Gasteiger charge is -2.22. The van der Waals surface area contributed by atoms with Gasteiger partial charge in [-0.05, 0) is 19.3 Å². The molecule has 1 rings (SSSR count). The molecule has 0 aromatic heterocycles. The molecular formula is C11H19N7O3S. The van der Waals surface area contributed by atoms with E-state index in [1.807, 2.05) is 0 Å². The zero-order chi connectivity index (χ0) is 16.5. The zero-order valence-corrected chi connectivity index (χ0v) is 12.8. The molecule has 11 heteroatoms. The van der Waals surface area contributed by atoms with Crippen LogP contribution in [0.15, 0.2) is 4.99 Å². The minimum Gasteiger partial charge on any atom is -0.365 e. The van der Waals surface area contributed by atoms with Gasteiger partial charge in [0.25, 0.3) is 5.96 Å². The highest BCUT2D eigenvalue weighted by Crippen LogP contribution is 2.21. The highest BCUT2D eigenvalue weighted by atomic mass is 32.2. The summed E-state index contributed by atoms with van der Waals surface area (Å²) in [5.74, 6) is 0.649. The maximum absolute atomic E-state index is 12.1. The standard InChI is InChI=1S/C11H19N7O3S/c12-5-8-6-22-7-17(8)10(19)9(13)3-1-2-4-15-11(14)16-18(20)21/h8-9H,1-4,6-7,13H2,(H3,14,15,16). The second-order valence-electron chi connectivity index (χ2n) is 4.69. The van der Waals surface area contributed by atoms with Crippen molar-refractivity contribution < 1.29 is 9.83 Å². The van der Waals surface area contributed by atoms with E-state index in [1.165, 1.54) is 16.7 Å². The SMILES string of the molecule is N#CC1CSCN1C(=O)C(N)CCCCN=C(N)N[N+](=O)[O-]. The van der Waals surface area contributed by atoms with E-state index in [9.17, 15) is 14.9 Å². The third-order valence-electron chi connectivity index (χ3n) is 3.04. The molecule has 0 spiro atoms. The van der Waals surface area contributed by atoms with Crippen LogP contribution in [0.2, 0.25) is 0 Å². The number of nitro groups is 1. The van der Waals surface area contributed by atoms with Gasteiger partial charge < -0.3 is 16.4 Å². The van der Waals surface area contributed by atoms with Crippen LogP contribution < -0.4 is 16.9 Å². The van der Waals surface area contributed by atoms with Crippen molar-refractivity contribution in [3.05, 3.63) is 10.1 Å². The maximum Gasteiger partial charge on any atom is 0.251 e. The van der Waals surface area contributed by atoms with E-state index in [2.05, 4.69) is 11.1 Å². The van der Waals surface area contributed by atoms with Crippen LogP contribution in [0.5, 0.6) is 0 Å². The van der Waals surface area contributed by atoms with Gasteiger partial charge in [-0.2, -0.15) is 5.26 Å². The highest BCUT2D eigenvalue weighted by Gasteiger charge is 2.31. The number of aliphatic imine (C=N–C) groups is 1. The van der Waals surface area contributed by atoms with E-state index in [0.29, 0.717) is 37.4 Å². The molecule has 5 N–H and O–H groups in total. The number of nitriles is 1. The van der Waals surface area contributed by atoms with Crippen molar-refractivity contribution in [3.63, 3.8) is 0 Å². The van der Waals surface area contributed by atoms with Crippen LogP contribution in [0.1, 0.15) is 19.3 Å². The average molecular weight is 329 g/mol. The first kappa shape index (κ1) is 18.0. The normalized spacial score (nSPS) is 19.5. The smallest absolute Gasteiger partial charge is 0.251 e. The van der Waals surface area contributed by atoms with Crippen molar-refractivity contribution in [1.29, 1.82) is 5.26 Å². The van der Waals surface area contributed by atoms with Gasteiger partial charge in [-0.25, -0.2) is 15.1 Å². The number of nitrogens with zero attached hydrogens (tertiary/aromatic N) is 4. The molecule has 22 heavy (non-hydrogen) atoms. The first-order valence-corrected chi connectivity index (χ1v) is 7.85. The summed E-state index contributed by atoms with van der Waals surface area (Å²) in [4.78, 5) is 27.5. The predicted molar refractivity (Wildman–Crippen MR) is 82.0 cm³/mol. The van der Waals surface area contributed by atoms with Crippen molar-refractivity contribution in [2.45, 2.75) is 31.3 Å². The molecule has 1 aliphatic heterocycles. The van der Waals surface area contributed by atoms with Gasteiger partial charge in [-0.3, -0.25) is 4.79 Å². The van der Waals surface area contributed by atoms with Crippen molar-refractivity contribution in [1.82, 2.24) is 10.3 Å².